The van der Waals surface area contributed by atoms with Crippen molar-refractivity contribution >= 4 is 17.4 Å². The summed E-state index contributed by atoms with van der Waals surface area (Å²) in [6.07, 6.45) is 3.02. The number of fused-ring (bicyclic) bond motifs is 1. The minimum absolute atomic E-state index is 0.00884. The van der Waals surface area contributed by atoms with Gasteiger partial charge in [-0.2, -0.15) is 0 Å². The van der Waals surface area contributed by atoms with Gasteiger partial charge in [0, 0.05) is 18.8 Å². The van der Waals surface area contributed by atoms with Gasteiger partial charge in [-0.25, -0.2) is 4.79 Å². The van der Waals surface area contributed by atoms with Crippen LogP contribution in [0.15, 0.2) is 12.1 Å². The molecule has 0 atom stereocenters. The zero-order valence-corrected chi connectivity index (χ0v) is 11.1. The first-order chi connectivity index (χ1) is 8.63. The van der Waals surface area contributed by atoms with Crippen LogP contribution in [0.1, 0.15) is 30.9 Å². The van der Waals surface area contributed by atoms with E-state index in [0.29, 0.717) is 0 Å². The molecule has 18 heavy (non-hydrogen) atoms. The molecule has 0 radical (unpaired) electrons. The summed E-state index contributed by atoms with van der Waals surface area (Å²) < 4.78 is 0. The van der Waals surface area contributed by atoms with E-state index >= 15 is 0 Å². The van der Waals surface area contributed by atoms with Gasteiger partial charge in [-0.1, -0.05) is 19.4 Å². The summed E-state index contributed by atoms with van der Waals surface area (Å²) in [5, 5.41) is 2.95. The Morgan fingerprint density at radius 1 is 1.50 bits per heavy atom. The summed E-state index contributed by atoms with van der Waals surface area (Å²) in [4.78, 5) is 13.8. The highest BCUT2D eigenvalue weighted by Gasteiger charge is 2.24. The number of anilines is 2. The van der Waals surface area contributed by atoms with E-state index in [4.69, 9.17) is 5.73 Å². The van der Waals surface area contributed by atoms with Gasteiger partial charge in [0.1, 0.15) is 0 Å². The van der Waals surface area contributed by atoms with Crippen molar-refractivity contribution in [2.75, 3.05) is 23.7 Å². The van der Waals surface area contributed by atoms with Crippen molar-refractivity contribution < 1.29 is 4.79 Å². The third kappa shape index (κ3) is 2.42. The van der Waals surface area contributed by atoms with Gasteiger partial charge in [-0.05, 0) is 37.0 Å². The molecule has 0 saturated carbocycles. The third-order valence-corrected chi connectivity index (χ3v) is 3.41. The number of hydrogen-bond donors (Lipinski definition) is 2. The number of urea groups is 1. The van der Waals surface area contributed by atoms with Crippen LogP contribution in [0.25, 0.3) is 0 Å². The Labute approximate surface area is 108 Å². The van der Waals surface area contributed by atoms with Gasteiger partial charge in [-0.15, -0.1) is 0 Å². The van der Waals surface area contributed by atoms with Gasteiger partial charge in [0.25, 0.3) is 0 Å². The van der Waals surface area contributed by atoms with Gasteiger partial charge in [-0.3, -0.25) is 4.90 Å². The Bertz CT molecular complexity index is 457. The molecule has 0 aromatic heterocycles. The van der Waals surface area contributed by atoms with E-state index in [9.17, 15) is 4.79 Å². The second-order valence-electron chi connectivity index (χ2n) is 4.82. The summed E-state index contributed by atoms with van der Waals surface area (Å²) in [7, 11) is 0. The van der Waals surface area contributed by atoms with Crippen LogP contribution in [0, 0.1) is 6.92 Å². The highest BCUT2D eigenvalue weighted by atomic mass is 16.2. The molecule has 3 N–H and O–H groups in total. The second-order valence-corrected chi connectivity index (χ2v) is 4.82. The number of unbranched alkanes of at least 4 members (excludes halogenated alkanes) is 1. The fourth-order valence-corrected chi connectivity index (χ4v) is 2.26. The first kappa shape index (κ1) is 12.7. The molecule has 4 heteroatoms. The molecule has 98 valence electrons. The SMILES string of the molecule is CCCCNC(=O)N1CCc2cc(C)c(N)cc21. The lowest BCUT2D eigenvalue weighted by Gasteiger charge is -2.18. The monoisotopic (exact) mass is 247 g/mol. The Balaban J connectivity index is 2.11. The lowest BCUT2D eigenvalue weighted by molar-refractivity contribution is 0.246. The molecule has 0 spiro atoms. The van der Waals surface area contributed by atoms with Gasteiger partial charge in [0.15, 0.2) is 0 Å². The third-order valence-electron chi connectivity index (χ3n) is 3.41. The number of aryl methyl sites for hydroxylation is 1. The fourth-order valence-electron chi connectivity index (χ4n) is 2.26. The number of amides is 2. The van der Waals surface area contributed by atoms with Crippen LogP contribution in [0.2, 0.25) is 0 Å². The van der Waals surface area contributed by atoms with E-state index in [-0.39, 0.29) is 6.03 Å². The first-order valence-electron chi connectivity index (χ1n) is 6.58. The molecule has 4 nitrogen and oxygen atoms in total. The molecular weight excluding hydrogens is 226 g/mol. The maximum atomic E-state index is 12.1. The molecular formula is C14H21N3O. The number of benzene rings is 1. The van der Waals surface area contributed by atoms with Crippen molar-refractivity contribution in [2.24, 2.45) is 0 Å². The molecule has 2 amide bonds. The van der Waals surface area contributed by atoms with Crippen molar-refractivity contribution in [3.63, 3.8) is 0 Å². The molecule has 0 fully saturated rings. The van der Waals surface area contributed by atoms with Crippen LogP contribution in [0.3, 0.4) is 0 Å². The standard InChI is InChI=1S/C14H21N3O/c1-3-4-6-16-14(18)17-7-5-11-8-10(2)12(15)9-13(11)17/h8-9H,3-7,15H2,1-2H3,(H,16,18). The van der Waals surface area contributed by atoms with E-state index in [1.807, 2.05) is 13.0 Å². The lowest BCUT2D eigenvalue weighted by Crippen LogP contribution is -2.39. The van der Waals surface area contributed by atoms with Crippen molar-refractivity contribution in [1.82, 2.24) is 5.32 Å². The molecule has 0 saturated heterocycles. The summed E-state index contributed by atoms with van der Waals surface area (Å²) in [6, 6.07) is 3.99. The molecule has 1 aliphatic heterocycles. The maximum absolute atomic E-state index is 12.1. The smallest absolute Gasteiger partial charge is 0.321 e. The zero-order valence-electron chi connectivity index (χ0n) is 11.1. The summed E-state index contributed by atoms with van der Waals surface area (Å²) in [5.74, 6) is 0. The number of nitrogen functional groups attached to an aromatic ring is 1. The number of hydrogen-bond acceptors (Lipinski definition) is 2. The van der Waals surface area contributed by atoms with Gasteiger partial charge in [0.2, 0.25) is 0 Å². The number of nitrogens with one attached hydrogen (secondary N) is 1. The summed E-state index contributed by atoms with van der Waals surface area (Å²) >= 11 is 0. The Morgan fingerprint density at radius 2 is 2.28 bits per heavy atom. The Hall–Kier alpha value is -1.71. The molecule has 0 bridgehead atoms. The lowest BCUT2D eigenvalue weighted by atomic mass is 10.1. The molecule has 0 unspecified atom stereocenters. The molecule has 1 aliphatic rings. The molecule has 2 rings (SSSR count). The van der Waals surface area contributed by atoms with E-state index in [0.717, 1.165) is 49.3 Å². The molecule has 1 aromatic rings. The van der Waals surface area contributed by atoms with Crippen LogP contribution < -0.4 is 16.0 Å². The quantitative estimate of drug-likeness (QED) is 0.636. The number of nitrogens with two attached hydrogens (primary N) is 1. The number of nitrogens with zero attached hydrogens (tertiary/aromatic N) is 1. The van der Waals surface area contributed by atoms with E-state index in [1.165, 1.54) is 5.56 Å². The summed E-state index contributed by atoms with van der Waals surface area (Å²) in [6.45, 7) is 5.60. The van der Waals surface area contributed by atoms with E-state index in [1.54, 1.807) is 4.90 Å². The minimum atomic E-state index is -0.00884. The average Bonchev–Trinajstić information content (AvgIpc) is 2.73. The number of rotatable bonds is 3. The van der Waals surface area contributed by atoms with Crippen LogP contribution in [-0.4, -0.2) is 19.1 Å². The Kier molecular flexibility index (Phi) is 3.75. The van der Waals surface area contributed by atoms with Gasteiger partial charge in [0.05, 0.1) is 5.69 Å². The van der Waals surface area contributed by atoms with Crippen molar-refractivity contribution in [3.8, 4) is 0 Å². The topological polar surface area (TPSA) is 58.4 Å². The molecule has 1 heterocycles. The predicted octanol–water partition coefficient (Wildman–Crippen LogP) is 2.45. The average molecular weight is 247 g/mol. The fraction of sp³-hybridized carbons (Fsp3) is 0.500. The van der Waals surface area contributed by atoms with Crippen molar-refractivity contribution in [2.45, 2.75) is 33.1 Å². The highest BCUT2D eigenvalue weighted by Crippen LogP contribution is 2.31. The van der Waals surface area contributed by atoms with Crippen molar-refractivity contribution in [1.29, 1.82) is 0 Å². The van der Waals surface area contributed by atoms with Gasteiger partial charge < -0.3 is 11.1 Å². The second kappa shape index (κ2) is 5.29. The van der Waals surface area contributed by atoms with Crippen LogP contribution in [0.4, 0.5) is 16.2 Å². The van der Waals surface area contributed by atoms with Gasteiger partial charge >= 0.3 is 6.03 Å². The van der Waals surface area contributed by atoms with Crippen LogP contribution >= 0.6 is 0 Å². The highest BCUT2D eigenvalue weighted by molar-refractivity contribution is 5.95. The minimum Gasteiger partial charge on any atom is -0.398 e. The summed E-state index contributed by atoms with van der Waals surface area (Å²) in [5.41, 5.74) is 9.94. The van der Waals surface area contributed by atoms with Crippen molar-refractivity contribution in [3.05, 3.63) is 23.3 Å². The molecule has 1 aromatic carbocycles. The normalized spacial score (nSPS) is 13.6. The van der Waals surface area contributed by atoms with Crippen LogP contribution in [0.5, 0.6) is 0 Å². The van der Waals surface area contributed by atoms with E-state index < -0.39 is 0 Å². The largest absolute Gasteiger partial charge is 0.398 e. The van der Waals surface area contributed by atoms with E-state index in [2.05, 4.69) is 18.3 Å². The Morgan fingerprint density at radius 3 is 3.00 bits per heavy atom. The number of carbonyl (C=O) groups excluding carboxylic acids is 1. The molecule has 0 aliphatic carbocycles. The maximum Gasteiger partial charge on any atom is 0.321 e. The first-order valence-corrected chi connectivity index (χ1v) is 6.58. The zero-order chi connectivity index (χ0) is 13.1. The van der Waals surface area contributed by atoms with Crippen LogP contribution in [-0.2, 0) is 6.42 Å². The predicted molar refractivity (Wildman–Crippen MR) is 74.9 cm³/mol. The number of carbonyl (C=O) groups is 1.